The lowest BCUT2D eigenvalue weighted by atomic mass is 10.2. The molecule has 1 amide bonds. The number of carboxylic acid groups (broad SMARTS) is 1. The molecule has 2 aromatic carbocycles. The summed E-state index contributed by atoms with van der Waals surface area (Å²) in [6.07, 6.45) is 4.04. The number of carboxylic acids is 1. The molecule has 2 fully saturated rings. The van der Waals surface area contributed by atoms with Crippen molar-refractivity contribution in [2.45, 2.75) is 50.1 Å². The number of nitrogens with zero attached hydrogens (tertiary/aromatic N) is 2. The van der Waals surface area contributed by atoms with Gasteiger partial charge in [-0.25, -0.2) is 9.78 Å². The predicted molar refractivity (Wildman–Crippen MR) is 158 cm³/mol. The molecular weight excluding hydrogens is 614 g/mol. The van der Waals surface area contributed by atoms with Crippen LogP contribution < -0.4 is 9.64 Å². The zero-order valence-electron chi connectivity index (χ0n) is 22.3. The smallest absolute Gasteiger partial charge is 0.335 e. The molecule has 2 aliphatic rings. The quantitative estimate of drug-likeness (QED) is 0.249. The molecule has 1 aromatic heterocycles. The summed E-state index contributed by atoms with van der Waals surface area (Å²) < 4.78 is 16.6. The molecule has 1 heterocycles. The van der Waals surface area contributed by atoms with E-state index >= 15 is 0 Å². The summed E-state index contributed by atoms with van der Waals surface area (Å²) in [4.78, 5) is 29.5. The monoisotopic (exact) mass is 640 g/mol. The summed E-state index contributed by atoms with van der Waals surface area (Å²) in [5, 5.41) is 11.2. The highest BCUT2D eigenvalue weighted by Gasteiger charge is 2.53. The Morgan fingerprint density at radius 1 is 0.878 bits per heavy atom. The fraction of sp³-hybridized carbons (Fsp3) is 0.345. The molecule has 12 heteroatoms. The average Bonchev–Trinajstić information content (AvgIpc) is 3.90. The minimum Gasteiger partial charge on any atom is -0.493 e. The van der Waals surface area contributed by atoms with Gasteiger partial charge in [-0.15, -0.1) is 0 Å². The van der Waals surface area contributed by atoms with Crippen molar-refractivity contribution in [2.24, 2.45) is 0 Å². The van der Waals surface area contributed by atoms with E-state index in [1.807, 2.05) is 0 Å². The van der Waals surface area contributed by atoms with Crippen molar-refractivity contribution in [3.05, 3.63) is 85.9 Å². The van der Waals surface area contributed by atoms with E-state index in [0.717, 1.165) is 5.56 Å². The number of likely N-dealkylation sites (N-methyl/N-ethyl adjacent to an activating group) is 1. The van der Waals surface area contributed by atoms with Gasteiger partial charge < -0.3 is 19.3 Å². The number of halogens is 4. The first-order valence-electron chi connectivity index (χ1n) is 12.7. The maximum absolute atomic E-state index is 12.9. The van der Waals surface area contributed by atoms with E-state index in [1.165, 1.54) is 4.90 Å². The Kier molecular flexibility index (Phi) is 10.1. The normalized spacial score (nSPS) is 15.8. The number of hydrogen-bond donors (Lipinski definition) is 1. The molecule has 0 aliphatic heterocycles. The first-order chi connectivity index (χ1) is 19.5. The largest absolute Gasteiger partial charge is 0.493 e. The maximum Gasteiger partial charge on any atom is 0.335 e. The number of methoxy groups -OCH3 is 1. The minimum atomic E-state index is -0.994. The number of amides is 1. The second-order valence-corrected chi connectivity index (χ2v) is 11.4. The van der Waals surface area contributed by atoms with Gasteiger partial charge in [-0.3, -0.25) is 9.69 Å². The topological polar surface area (TPSA) is 98.2 Å². The summed E-state index contributed by atoms with van der Waals surface area (Å²) in [6.45, 7) is 0.393. The SMILES string of the molecule is COc1cccnc1N(C)C(=O)C1(OCc2cc(Cl)ccc2Cl)CC1.O=C(O)C1(OCc2cc(Cl)ccc2Cl)CC1. The lowest BCUT2D eigenvalue weighted by Gasteiger charge is -2.24. The Hall–Kier alpha value is -2.59. The van der Waals surface area contributed by atoms with E-state index in [0.29, 0.717) is 62.9 Å². The van der Waals surface area contributed by atoms with Crippen LogP contribution in [0.5, 0.6) is 5.75 Å². The molecule has 0 bridgehead atoms. The van der Waals surface area contributed by atoms with Crippen LogP contribution in [0.3, 0.4) is 0 Å². The molecule has 2 aliphatic carbocycles. The number of pyridine rings is 1. The first-order valence-corrected chi connectivity index (χ1v) is 14.2. The van der Waals surface area contributed by atoms with Gasteiger partial charge in [0, 0.05) is 33.3 Å². The van der Waals surface area contributed by atoms with Gasteiger partial charge in [-0.2, -0.15) is 0 Å². The van der Waals surface area contributed by atoms with Gasteiger partial charge in [0.2, 0.25) is 0 Å². The predicted octanol–water partition coefficient (Wildman–Crippen LogP) is 7.24. The molecule has 3 aromatic rings. The number of carbonyl (C=O) groups excluding carboxylic acids is 1. The molecule has 8 nitrogen and oxygen atoms in total. The van der Waals surface area contributed by atoms with Crippen molar-refractivity contribution in [1.29, 1.82) is 0 Å². The van der Waals surface area contributed by atoms with E-state index in [1.54, 1.807) is 68.9 Å². The van der Waals surface area contributed by atoms with E-state index in [9.17, 15) is 9.59 Å². The van der Waals surface area contributed by atoms with Crippen molar-refractivity contribution < 1.29 is 28.9 Å². The third kappa shape index (κ3) is 7.63. The summed E-state index contributed by atoms with van der Waals surface area (Å²) in [6, 6.07) is 13.7. The summed E-state index contributed by atoms with van der Waals surface area (Å²) in [5.74, 6) is -0.0639. The minimum absolute atomic E-state index is 0.150. The van der Waals surface area contributed by atoms with Crippen molar-refractivity contribution in [1.82, 2.24) is 4.98 Å². The van der Waals surface area contributed by atoms with Gasteiger partial charge in [0.25, 0.3) is 5.91 Å². The van der Waals surface area contributed by atoms with Gasteiger partial charge in [0.05, 0.1) is 20.3 Å². The Bertz CT molecular complexity index is 1430. The molecule has 2 saturated carbocycles. The third-order valence-electron chi connectivity index (χ3n) is 6.80. The molecule has 0 spiro atoms. The average molecular weight is 642 g/mol. The second kappa shape index (κ2) is 13.2. The van der Waals surface area contributed by atoms with E-state index in [-0.39, 0.29) is 19.1 Å². The summed E-state index contributed by atoms with van der Waals surface area (Å²) >= 11 is 23.9. The number of aromatic nitrogens is 1. The fourth-order valence-electron chi connectivity index (χ4n) is 4.00. The number of benzene rings is 2. The summed E-state index contributed by atoms with van der Waals surface area (Å²) in [5.41, 5.74) is -0.373. The van der Waals surface area contributed by atoms with Crippen molar-refractivity contribution in [2.75, 3.05) is 19.1 Å². The Balaban J connectivity index is 0.000000208. The van der Waals surface area contributed by atoms with Gasteiger partial charge in [-0.1, -0.05) is 46.4 Å². The number of aliphatic carboxylic acids is 1. The molecule has 1 N–H and O–H groups in total. The first kappa shape index (κ1) is 31.3. The lowest BCUT2D eigenvalue weighted by Crippen LogP contribution is -2.40. The highest BCUT2D eigenvalue weighted by atomic mass is 35.5. The standard InChI is InChI=1S/C18H18Cl2N2O3.C11H10Cl2O3/c1-22(16-15(24-2)4-3-9-21-16)17(23)18(7-8-18)25-11-12-10-13(19)5-6-14(12)20;12-8-1-2-9(13)7(5-8)6-16-11(3-4-11)10(14)15/h3-6,9-10H,7-8,11H2,1-2H3;1-2,5H,3-4,6H2,(H,14,15). The van der Waals surface area contributed by atoms with Gasteiger partial charge in [-0.05, 0) is 85.3 Å². The van der Waals surface area contributed by atoms with Crippen LogP contribution in [0.1, 0.15) is 36.8 Å². The van der Waals surface area contributed by atoms with E-state index in [2.05, 4.69) is 4.98 Å². The highest BCUT2D eigenvalue weighted by molar-refractivity contribution is 6.34. The number of anilines is 1. The van der Waals surface area contributed by atoms with Crippen molar-refractivity contribution >= 4 is 64.1 Å². The molecule has 0 saturated heterocycles. The summed E-state index contributed by atoms with van der Waals surface area (Å²) in [7, 11) is 3.21. The molecular formula is C29H28Cl4N2O6. The van der Waals surface area contributed by atoms with Crippen LogP contribution in [-0.2, 0) is 32.3 Å². The van der Waals surface area contributed by atoms with Crippen molar-refractivity contribution in [3.8, 4) is 5.75 Å². The third-order valence-corrected chi connectivity index (χ3v) is 8.01. The van der Waals surface area contributed by atoms with Crippen LogP contribution in [-0.4, -0.2) is 47.3 Å². The van der Waals surface area contributed by atoms with Gasteiger partial charge in [0.15, 0.2) is 17.2 Å². The fourth-order valence-corrected chi connectivity index (χ4v) is 4.74. The molecule has 5 rings (SSSR count). The lowest BCUT2D eigenvalue weighted by molar-refractivity contribution is -0.154. The maximum atomic E-state index is 12.9. The van der Waals surface area contributed by atoms with Crippen molar-refractivity contribution in [3.63, 3.8) is 0 Å². The molecule has 218 valence electrons. The van der Waals surface area contributed by atoms with Gasteiger partial charge >= 0.3 is 5.97 Å². The molecule has 0 radical (unpaired) electrons. The zero-order valence-corrected chi connectivity index (χ0v) is 25.4. The Labute approximate surface area is 258 Å². The Morgan fingerprint density at radius 3 is 1.85 bits per heavy atom. The Morgan fingerprint density at radius 2 is 1.39 bits per heavy atom. The van der Waals surface area contributed by atoms with Crippen LogP contribution in [0, 0.1) is 0 Å². The van der Waals surface area contributed by atoms with Crippen LogP contribution >= 0.6 is 46.4 Å². The molecule has 41 heavy (non-hydrogen) atoms. The van der Waals surface area contributed by atoms with E-state index < -0.39 is 17.2 Å². The molecule has 0 unspecified atom stereocenters. The van der Waals surface area contributed by atoms with Crippen LogP contribution in [0.25, 0.3) is 0 Å². The second-order valence-electron chi connectivity index (χ2n) is 9.74. The van der Waals surface area contributed by atoms with Crippen LogP contribution in [0.15, 0.2) is 54.7 Å². The number of carbonyl (C=O) groups is 2. The van der Waals surface area contributed by atoms with E-state index in [4.69, 9.17) is 65.7 Å². The number of hydrogen-bond acceptors (Lipinski definition) is 6. The zero-order chi connectivity index (χ0) is 29.8. The highest BCUT2D eigenvalue weighted by Crippen LogP contribution is 2.44. The molecule has 0 atom stereocenters. The van der Waals surface area contributed by atoms with Gasteiger partial charge in [0.1, 0.15) is 5.60 Å². The van der Waals surface area contributed by atoms with Crippen LogP contribution in [0.2, 0.25) is 20.1 Å². The van der Waals surface area contributed by atoms with Crippen LogP contribution in [0.4, 0.5) is 5.82 Å². The number of rotatable bonds is 10. The number of ether oxygens (including phenoxy) is 3.